The quantitative estimate of drug-likeness (QED) is 0.780. The van der Waals surface area contributed by atoms with Crippen LogP contribution in [0.3, 0.4) is 0 Å². The molecular formula is C15H21BrN2O4S. The van der Waals surface area contributed by atoms with Gasteiger partial charge in [0.25, 0.3) is 0 Å². The number of amides is 2. The SMILES string of the molecule is CN(C)C(=O)C1c2c(Br)csc2C(O)CN1C(=O)OC(C)(C)C. The normalized spacial score (nSPS) is 20.9. The molecule has 2 atom stereocenters. The zero-order valence-corrected chi connectivity index (χ0v) is 16.2. The highest BCUT2D eigenvalue weighted by Gasteiger charge is 2.43. The summed E-state index contributed by atoms with van der Waals surface area (Å²) in [5.74, 6) is -0.233. The molecule has 128 valence electrons. The van der Waals surface area contributed by atoms with Crippen LogP contribution in [0.15, 0.2) is 9.85 Å². The van der Waals surface area contributed by atoms with E-state index in [1.807, 2.05) is 5.38 Å². The number of ether oxygens (including phenoxy) is 1. The first-order valence-electron chi connectivity index (χ1n) is 7.18. The molecule has 0 spiro atoms. The molecule has 23 heavy (non-hydrogen) atoms. The van der Waals surface area contributed by atoms with Gasteiger partial charge < -0.3 is 14.7 Å². The lowest BCUT2D eigenvalue weighted by atomic mass is 9.97. The van der Waals surface area contributed by atoms with E-state index in [9.17, 15) is 14.7 Å². The van der Waals surface area contributed by atoms with Crippen LogP contribution < -0.4 is 0 Å². The molecule has 0 aliphatic carbocycles. The number of aliphatic hydroxyl groups excluding tert-OH is 1. The van der Waals surface area contributed by atoms with Crippen molar-refractivity contribution in [3.63, 3.8) is 0 Å². The van der Waals surface area contributed by atoms with Crippen LogP contribution in [0.1, 0.15) is 43.4 Å². The molecule has 2 amide bonds. The molecule has 0 saturated heterocycles. The third kappa shape index (κ3) is 3.70. The number of thiophene rings is 1. The molecule has 0 saturated carbocycles. The third-order valence-corrected chi connectivity index (χ3v) is 5.43. The van der Waals surface area contributed by atoms with E-state index < -0.39 is 23.8 Å². The molecule has 2 heterocycles. The Balaban J connectivity index is 2.47. The minimum atomic E-state index is -0.833. The van der Waals surface area contributed by atoms with E-state index >= 15 is 0 Å². The molecule has 0 fully saturated rings. The van der Waals surface area contributed by atoms with E-state index in [1.54, 1.807) is 34.9 Å². The van der Waals surface area contributed by atoms with Gasteiger partial charge in [0.2, 0.25) is 5.91 Å². The predicted octanol–water partition coefficient (Wildman–Crippen LogP) is 2.92. The number of β-amino-alcohol motifs (C(OH)–C–C–N with tert-alkyl or cyclic N) is 1. The van der Waals surface area contributed by atoms with Gasteiger partial charge in [0.1, 0.15) is 17.7 Å². The number of nitrogens with zero attached hydrogens (tertiary/aromatic N) is 2. The highest BCUT2D eigenvalue weighted by Crippen LogP contribution is 2.44. The van der Waals surface area contributed by atoms with E-state index in [2.05, 4.69) is 15.9 Å². The number of hydrogen-bond acceptors (Lipinski definition) is 5. The van der Waals surface area contributed by atoms with Gasteiger partial charge >= 0.3 is 6.09 Å². The number of carbonyl (C=O) groups excluding carboxylic acids is 2. The predicted molar refractivity (Wildman–Crippen MR) is 91.4 cm³/mol. The van der Waals surface area contributed by atoms with Crippen LogP contribution in [0, 0.1) is 0 Å². The van der Waals surface area contributed by atoms with Crippen LogP contribution in [-0.4, -0.2) is 53.1 Å². The van der Waals surface area contributed by atoms with Gasteiger partial charge in [-0.15, -0.1) is 11.3 Å². The van der Waals surface area contributed by atoms with Crippen molar-refractivity contribution in [3.8, 4) is 0 Å². The first-order chi connectivity index (χ1) is 10.5. The lowest BCUT2D eigenvalue weighted by molar-refractivity contribution is -0.135. The summed E-state index contributed by atoms with van der Waals surface area (Å²) >= 11 is 4.80. The second-order valence-corrected chi connectivity index (χ2v) is 8.41. The smallest absolute Gasteiger partial charge is 0.411 e. The summed E-state index contributed by atoms with van der Waals surface area (Å²) in [6.45, 7) is 5.32. The molecule has 8 heteroatoms. The number of aliphatic hydroxyl groups is 1. The zero-order chi connectivity index (χ0) is 17.5. The Labute approximate surface area is 148 Å². The fourth-order valence-corrected chi connectivity index (χ4v) is 4.20. The van der Waals surface area contributed by atoms with Crippen molar-refractivity contribution in [2.45, 2.75) is 38.5 Å². The number of rotatable bonds is 1. The standard InChI is InChI=1S/C15H21BrN2O4S/c1-15(2,3)22-14(21)18-6-9(19)12-10(8(16)7-23-12)11(18)13(20)17(4)5/h7,9,11,19H,6H2,1-5H3. The molecule has 1 aromatic rings. The summed E-state index contributed by atoms with van der Waals surface area (Å²) in [6, 6.07) is -0.807. The Hall–Kier alpha value is -1.12. The van der Waals surface area contributed by atoms with Gasteiger partial charge in [-0.05, 0) is 36.7 Å². The van der Waals surface area contributed by atoms with Gasteiger partial charge in [0.15, 0.2) is 0 Å². The van der Waals surface area contributed by atoms with E-state index in [4.69, 9.17) is 4.74 Å². The number of likely N-dealkylation sites (N-methyl/N-ethyl adjacent to an activating group) is 1. The topological polar surface area (TPSA) is 70.1 Å². The van der Waals surface area contributed by atoms with Crippen LogP contribution in [0.5, 0.6) is 0 Å². The van der Waals surface area contributed by atoms with Crippen LogP contribution in [-0.2, 0) is 9.53 Å². The van der Waals surface area contributed by atoms with E-state index in [0.29, 0.717) is 14.9 Å². The van der Waals surface area contributed by atoms with Crippen LogP contribution in [0.25, 0.3) is 0 Å². The van der Waals surface area contributed by atoms with Crippen LogP contribution in [0.4, 0.5) is 4.79 Å². The van der Waals surface area contributed by atoms with E-state index in [0.717, 1.165) is 0 Å². The Morgan fingerprint density at radius 1 is 1.43 bits per heavy atom. The Kier molecular flexibility index (Phi) is 5.08. The van der Waals surface area contributed by atoms with Crippen molar-refractivity contribution < 1.29 is 19.4 Å². The third-order valence-electron chi connectivity index (χ3n) is 3.37. The Morgan fingerprint density at radius 2 is 2.04 bits per heavy atom. The maximum absolute atomic E-state index is 12.7. The molecule has 2 unspecified atom stereocenters. The monoisotopic (exact) mass is 404 g/mol. The highest BCUT2D eigenvalue weighted by atomic mass is 79.9. The van der Waals surface area contributed by atoms with Gasteiger partial charge in [-0.25, -0.2) is 4.79 Å². The van der Waals surface area contributed by atoms with E-state index in [1.165, 1.54) is 21.1 Å². The second-order valence-electron chi connectivity index (χ2n) is 6.65. The van der Waals surface area contributed by atoms with Crippen molar-refractivity contribution in [3.05, 3.63) is 20.3 Å². The molecule has 1 N–H and O–H groups in total. The molecule has 2 rings (SSSR count). The lowest BCUT2D eigenvalue weighted by Gasteiger charge is -2.38. The van der Waals surface area contributed by atoms with Gasteiger partial charge in [0, 0.05) is 34.4 Å². The molecule has 0 radical (unpaired) electrons. The molecule has 0 bridgehead atoms. The van der Waals surface area contributed by atoms with Crippen molar-refractivity contribution in [1.29, 1.82) is 0 Å². The van der Waals surface area contributed by atoms with Crippen molar-refractivity contribution in [2.75, 3.05) is 20.6 Å². The average Bonchev–Trinajstić information content (AvgIpc) is 2.79. The van der Waals surface area contributed by atoms with Crippen LogP contribution in [0.2, 0.25) is 0 Å². The second kappa shape index (κ2) is 6.41. The van der Waals surface area contributed by atoms with Gasteiger partial charge in [0.05, 0.1) is 6.54 Å². The Bertz CT molecular complexity index is 623. The minimum Gasteiger partial charge on any atom is -0.444 e. The molecule has 0 aromatic carbocycles. The summed E-state index contributed by atoms with van der Waals surface area (Å²) in [5, 5.41) is 12.2. The summed E-state index contributed by atoms with van der Waals surface area (Å²) in [6.07, 6.45) is -1.44. The molecule has 1 aromatic heterocycles. The first kappa shape index (κ1) is 18.2. The van der Waals surface area contributed by atoms with Gasteiger partial charge in [-0.1, -0.05) is 0 Å². The van der Waals surface area contributed by atoms with Gasteiger partial charge in [-0.2, -0.15) is 0 Å². The van der Waals surface area contributed by atoms with Crippen LogP contribution >= 0.6 is 27.3 Å². The summed E-state index contributed by atoms with van der Waals surface area (Å²) in [7, 11) is 3.28. The number of fused-ring (bicyclic) bond motifs is 1. The number of hydrogen-bond donors (Lipinski definition) is 1. The summed E-state index contributed by atoms with van der Waals surface area (Å²) < 4.78 is 6.12. The maximum Gasteiger partial charge on any atom is 0.411 e. The zero-order valence-electron chi connectivity index (χ0n) is 13.8. The summed E-state index contributed by atoms with van der Waals surface area (Å²) in [4.78, 5) is 28.7. The average molecular weight is 405 g/mol. The Morgan fingerprint density at radius 3 is 2.57 bits per heavy atom. The molecule has 1 aliphatic rings. The minimum absolute atomic E-state index is 0.0269. The van der Waals surface area contributed by atoms with E-state index in [-0.39, 0.29) is 12.5 Å². The lowest BCUT2D eigenvalue weighted by Crippen LogP contribution is -2.49. The molecule has 6 nitrogen and oxygen atoms in total. The maximum atomic E-state index is 12.7. The van der Waals surface area contributed by atoms with Crippen molar-refractivity contribution in [1.82, 2.24) is 9.80 Å². The van der Waals surface area contributed by atoms with Crippen molar-refractivity contribution >= 4 is 39.3 Å². The molecular weight excluding hydrogens is 384 g/mol. The highest BCUT2D eigenvalue weighted by molar-refractivity contribution is 9.10. The van der Waals surface area contributed by atoms with Gasteiger partial charge in [-0.3, -0.25) is 9.69 Å². The van der Waals surface area contributed by atoms with Crippen molar-refractivity contribution in [2.24, 2.45) is 0 Å². The number of halogens is 1. The molecule has 1 aliphatic heterocycles. The first-order valence-corrected chi connectivity index (χ1v) is 8.86. The largest absolute Gasteiger partial charge is 0.444 e. The summed E-state index contributed by atoms with van der Waals surface area (Å²) in [5.41, 5.74) is -0.0433. The fourth-order valence-electron chi connectivity index (χ4n) is 2.42. The number of carbonyl (C=O) groups is 2. The fraction of sp³-hybridized carbons (Fsp3) is 0.600.